The molecule has 1 aliphatic rings. The highest BCUT2D eigenvalue weighted by atomic mass is 19.1. The Labute approximate surface area is 196 Å². The van der Waals surface area contributed by atoms with Crippen LogP contribution in [0.3, 0.4) is 0 Å². The maximum atomic E-state index is 13.5. The molecule has 1 aromatic heterocycles. The van der Waals surface area contributed by atoms with Crippen LogP contribution in [-0.4, -0.2) is 21.6 Å². The van der Waals surface area contributed by atoms with Crippen LogP contribution in [0.1, 0.15) is 29.7 Å². The van der Waals surface area contributed by atoms with Crippen molar-refractivity contribution in [1.82, 2.24) is 15.1 Å². The van der Waals surface area contributed by atoms with E-state index in [2.05, 4.69) is 10.6 Å². The van der Waals surface area contributed by atoms with Gasteiger partial charge in [0.2, 0.25) is 11.8 Å². The average molecular weight is 455 g/mol. The third-order valence-electron chi connectivity index (χ3n) is 5.91. The third-order valence-corrected chi connectivity index (χ3v) is 5.91. The molecule has 0 radical (unpaired) electrons. The summed E-state index contributed by atoms with van der Waals surface area (Å²) in [6, 6.07) is 21.2. The van der Waals surface area contributed by atoms with Gasteiger partial charge in [0, 0.05) is 23.0 Å². The predicted octanol–water partition coefficient (Wildman–Crippen LogP) is 4.59. The molecule has 1 unspecified atom stereocenters. The van der Waals surface area contributed by atoms with E-state index in [-0.39, 0.29) is 30.1 Å². The highest BCUT2D eigenvalue weighted by Gasteiger charge is 2.20. The molecule has 0 aliphatic carbocycles. The second-order valence-electron chi connectivity index (χ2n) is 8.40. The number of amides is 2. The van der Waals surface area contributed by atoms with Gasteiger partial charge in [0.05, 0.1) is 30.3 Å². The Morgan fingerprint density at radius 2 is 1.88 bits per heavy atom. The molecule has 0 bridgehead atoms. The number of carbonyl (C=O) groups is 2. The lowest BCUT2D eigenvalue weighted by molar-refractivity contribution is -0.121. The van der Waals surface area contributed by atoms with Crippen molar-refractivity contribution in [3.63, 3.8) is 0 Å². The van der Waals surface area contributed by atoms with Crippen molar-refractivity contribution in [2.75, 3.05) is 5.32 Å². The predicted molar refractivity (Wildman–Crippen MR) is 128 cm³/mol. The summed E-state index contributed by atoms with van der Waals surface area (Å²) < 4.78 is 15.2. The number of anilines is 1. The molecule has 2 N–H and O–H groups in total. The van der Waals surface area contributed by atoms with Crippen molar-refractivity contribution in [2.45, 2.75) is 25.8 Å². The van der Waals surface area contributed by atoms with E-state index in [9.17, 15) is 14.0 Å². The number of halogens is 1. The van der Waals surface area contributed by atoms with E-state index in [4.69, 9.17) is 5.10 Å². The molecule has 1 aliphatic heterocycles. The molecule has 7 heteroatoms. The lowest BCUT2D eigenvalue weighted by atomic mass is 10.0. The molecule has 3 aromatic carbocycles. The number of benzene rings is 3. The lowest BCUT2D eigenvalue weighted by Crippen LogP contribution is -2.28. The molecule has 170 valence electrons. The summed E-state index contributed by atoms with van der Waals surface area (Å²) in [5.41, 5.74) is 5.67. The summed E-state index contributed by atoms with van der Waals surface area (Å²) in [7, 11) is 0. The second-order valence-corrected chi connectivity index (χ2v) is 8.40. The first-order valence-electron chi connectivity index (χ1n) is 11.1. The highest BCUT2D eigenvalue weighted by molar-refractivity contribution is 5.99. The fourth-order valence-corrected chi connectivity index (χ4v) is 4.17. The van der Waals surface area contributed by atoms with E-state index in [1.54, 1.807) is 16.8 Å². The zero-order valence-corrected chi connectivity index (χ0v) is 18.6. The SMILES string of the molecule is CC(NC(=O)Cc1cn(-c2ccccc2)nc1-c1ccc(F)cc1)c1ccc2c(c1)CC(=O)N2. The van der Waals surface area contributed by atoms with Gasteiger partial charge in [-0.05, 0) is 60.5 Å². The molecule has 0 saturated carbocycles. The molecule has 0 saturated heterocycles. The van der Waals surface area contributed by atoms with Crippen molar-refractivity contribution in [1.29, 1.82) is 0 Å². The summed E-state index contributed by atoms with van der Waals surface area (Å²) in [5, 5.41) is 10.6. The van der Waals surface area contributed by atoms with Crippen LogP contribution in [0.4, 0.5) is 10.1 Å². The number of nitrogens with one attached hydrogen (secondary N) is 2. The molecule has 6 nitrogen and oxygen atoms in total. The van der Waals surface area contributed by atoms with Gasteiger partial charge in [-0.3, -0.25) is 9.59 Å². The van der Waals surface area contributed by atoms with Gasteiger partial charge in [0.1, 0.15) is 5.82 Å². The van der Waals surface area contributed by atoms with Crippen molar-refractivity contribution in [3.8, 4) is 16.9 Å². The Balaban J connectivity index is 1.38. The van der Waals surface area contributed by atoms with Crippen LogP contribution in [-0.2, 0) is 22.4 Å². The summed E-state index contributed by atoms with van der Waals surface area (Å²) in [4.78, 5) is 24.6. The van der Waals surface area contributed by atoms with Gasteiger partial charge in [0.25, 0.3) is 0 Å². The molecule has 0 fully saturated rings. The molecule has 1 atom stereocenters. The Morgan fingerprint density at radius 1 is 1.12 bits per heavy atom. The maximum Gasteiger partial charge on any atom is 0.228 e. The van der Waals surface area contributed by atoms with Gasteiger partial charge in [0.15, 0.2) is 0 Å². The number of para-hydroxylation sites is 1. The molecular weight excluding hydrogens is 431 g/mol. The number of hydrogen-bond donors (Lipinski definition) is 2. The molecule has 2 heterocycles. The van der Waals surface area contributed by atoms with E-state index >= 15 is 0 Å². The zero-order valence-electron chi connectivity index (χ0n) is 18.6. The zero-order chi connectivity index (χ0) is 23.7. The van der Waals surface area contributed by atoms with Gasteiger partial charge in [-0.1, -0.05) is 30.3 Å². The lowest BCUT2D eigenvalue weighted by Gasteiger charge is -2.15. The van der Waals surface area contributed by atoms with Crippen LogP contribution in [0.15, 0.2) is 79.0 Å². The Hall–Kier alpha value is -4.26. The largest absolute Gasteiger partial charge is 0.349 e. The fraction of sp³-hybridized carbons (Fsp3) is 0.148. The molecule has 5 rings (SSSR count). The van der Waals surface area contributed by atoms with E-state index in [0.29, 0.717) is 12.1 Å². The highest BCUT2D eigenvalue weighted by Crippen LogP contribution is 2.27. The van der Waals surface area contributed by atoms with Gasteiger partial charge in [-0.25, -0.2) is 9.07 Å². The summed E-state index contributed by atoms with van der Waals surface area (Å²) in [6.07, 6.45) is 2.31. The number of nitrogens with zero attached hydrogens (tertiary/aromatic N) is 2. The first kappa shape index (κ1) is 21.6. The minimum absolute atomic E-state index is 0.0208. The van der Waals surface area contributed by atoms with Crippen molar-refractivity contribution >= 4 is 17.5 Å². The normalized spacial score (nSPS) is 13.3. The first-order valence-corrected chi connectivity index (χ1v) is 11.1. The molecule has 4 aromatic rings. The topological polar surface area (TPSA) is 76.0 Å². The van der Waals surface area contributed by atoms with Crippen LogP contribution in [0, 0.1) is 5.82 Å². The average Bonchev–Trinajstić information content (AvgIpc) is 3.42. The Morgan fingerprint density at radius 3 is 2.65 bits per heavy atom. The van der Waals surface area contributed by atoms with Gasteiger partial charge in [-0.15, -0.1) is 0 Å². The summed E-state index contributed by atoms with van der Waals surface area (Å²) >= 11 is 0. The fourth-order valence-electron chi connectivity index (χ4n) is 4.17. The summed E-state index contributed by atoms with van der Waals surface area (Å²) in [6.45, 7) is 1.91. The minimum atomic E-state index is -0.328. The Kier molecular flexibility index (Phi) is 5.67. The number of rotatable bonds is 6. The van der Waals surface area contributed by atoms with Gasteiger partial charge in [-0.2, -0.15) is 5.10 Å². The van der Waals surface area contributed by atoms with Crippen LogP contribution >= 0.6 is 0 Å². The van der Waals surface area contributed by atoms with Crippen molar-refractivity contribution in [3.05, 3.63) is 102 Å². The van der Waals surface area contributed by atoms with Crippen molar-refractivity contribution in [2.24, 2.45) is 0 Å². The molecule has 2 amide bonds. The number of aromatic nitrogens is 2. The molecule has 0 spiro atoms. The number of hydrogen-bond acceptors (Lipinski definition) is 3. The van der Waals surface area contributed by atoms with Gasteiger partial charge >= 0.3 is 0 Å². The smallest absolute Gasteiger partial charge is 0.228 e. The Bertz CT molecular complexity index is 1360. The van der Waals surface area contributed by atoms with E-state index < -0.39 is 0 Å². The second kappa shape index (κ2) is 8.94. The number of fused-ring (bicyclic) bond motifs is 1. The minimum Gasteiger partial charge on any atom is -0.349 e. The standard InChI is InChI=1S/C27H23FN4O2/c1-17(19-9-12-24-20(13-19)14-26(34)30-24)29-25(33)15-21-16-32(23-5-3-2-4-6-23)31-27(21)18-7-10-22(28)11-8-18/h2-13,16-17H,14-15H2,1H3,(H,29,33)(H,30,34). The van der Waals surface area contributed by atoms with Crippen LogP contribution in [0.2, 0.25) is 0 Å². The molecule has 34 heavy (non-hydrogen) atoms. The quantitative estimate of drug-likeness (QED) is 0.447. The monoisotopic (exact) mass is 454 g/mol. The summed E-state index contributed by atoms with van der Waals surface area (Å²) in [5.74, 6) is -0.503. The van der Waals surface area contributed by atoms with E-state index in [1.807, 2.05) is 61.7 Å². The molecular formula is C27H23FN4O2. The first-order chi connectivity index (χ1) is 16.5. The number of carbonyl (C=O) groups excluding carboxylic acids is 2. The third kappa shape index (κ3) is 4.45. The van der Waals surface area contributed by atoms with E-state index in [1.165, 1.54) is 12.1 Å². The van der Waals surface area contributed by atoms with Crippen LogP contribution < -0.4 is 10.6 Å². The van der Waals surface area contributed by atoms with Crippen LogP contribution in [0.5, 0.6) is 0 Å². The van der Waals surface area contributed by atoms with Crippen LogP contribution in [0.25, 0.3) is 16.9 Å². The van der Waals surface area contributed by atoms with Gasteiger partial charge < -0.3 is 10.6 Å². The maximum absolute atomic E-state index is 13.5. The van der Waals surface area contributed by atoms with E-state index in [0.717, 1.165) is 33.6 Å². The van der Waals surface area contributed by atoms with Crippen molar-refractivity contribution < 1.29 is 14.0 Å².